The van der Waals surface area contributed by atoms with Crippen LogP contribution in [0.3, 0.4) is 0 Å². The highest BCUT2D eigenvalue weighted by Crippen LogP contribution is 2.45. The Labute approximate surface area is 199 Å². The Balaban J connectivity index is 1.31. The minimum absolute atomic E-state index is 0.00873. The highest BCUT2D eigenvalue weighted by atomic mass is 16.5. The largest absolute Gasteiger partial charge is 0.480 e. The van der Waals surface area contributed by atoms with Gasteiger partial charge in [-0.25, -0.2) is 9.59 Å². The molecule has 0 radical (unpaired) electrons. The molecule has 0 saturated heterocycles. The predicted molar refractivity (Wildman–Crippen MR) is 128 cm³/mol. The maximum atomic E-state index is 12.5. The van der Waals surface area contributed by atoms with Crippen LogP contribution in [0.15, 0.2) is 48.5 Å². The maximum Gasteiger partial charge on any atom is 0.407 e. The fraction of sp³-hybridized carbons (Fsp3) is 0.444. The minimum Gasteiger partial charge on any atom is -0.480 e. The topological polar surface area (TPSA) is 105 Å². The van der Waals surface area contributed by atoms with E-state index in [2.05, 4.69) is 34.9 Å². The van der Waals surface area contributed by atoms with Crippen LogP contribution in [-0.4, -0.2) is 42.3 Å². The average Bonchev–Trinajstić information content (AvgIpc) is 3.11. The van der Waals surface area contributed by atoms with E-state index in [1.807, 2.05) is 24.3 Å². The Morgan fingerprint density at radius 3 is 2.12 bits per heavy atom. The van der Waals surface area contributed by atoms with Crippen LogP contribution in [-0.2, 0) is 14.3 Å². The molecule has 2 aliphatic rings. The lowest BCUT2D eigenvalue weighted by molar-refractivity contribution is -0.143. The first kappa shape index (κ1) is 23.8. The van der Waals surface area contributed by atoms with Crippen LogP contribution in [0.1, 0.15) is 56.6 Å². The predicted octanol–water partition coefficient (Wildman–Crippen LogP) is 4.31. The number of alkyl carbamates (subject to hydrolysis) is 1. The molecule has 2 aliphatic carbocycles. The Morgan fingerprint density at radius 2 is 1.62 bits per heavy atom. The number of hydrogen-bond donors (Lipinski definition) is 3. The van der Waals surface area contributed by atoms with Gasteiger partial charge in [0.25, 0.3) is 0 Å². The molecule has 2 amide bonds. The van der Waals surface area contributed by atoms with Gasteiger partial charge in [-0.3, -0.25) is 4.79 Å². The van der Waals surface area contributed by atoms with E-state index >= 15 is 0 Å². The number of carbonyl (C=O) groups is 3. The van der Waals surface area contributed by atoms with Crippen molar-refractivity contribution >= 4 is 18.0 Å². The van der Waals surface area contributed by atoms with Crippen LogP contribution < -0.4 is 10.6 Å². The van der Waals surface area contributed by atoms with Crippen molar-refractivity contribution in [3.8, 4) is 11.1 Å². The number of carboxylic acid groups (broad SMARTS) is 1. The highest BCUT2D eigenvalue weighted by molar-refractivity contribution is 5.84. The summed E-state index contributed by atoms with van der Waals surface area (Å²) in [6, 6.07) is 15.4. The lowest BCUT2D eigenvalue weighted by Crippen LogP contribution is -2.49. The molecule has 2 aromatic carbocycles. The van der Waals surface area contributed by atoms with Gasteiger partial charge in [0, 0.05) is 18.9 Å². The van der Waals surface area contributed by atoms with Crippen molar-refractivity contribution in [3.05, 3.63) is 59.7 Å². The van der Waals surface area contributed by atoms with E-state index in [4.69, 9.17) is 4.74 Å². The quantitative estimate of drug-likeness (QED) is 0.513. The van der Waals surface area contributed by atoms with Crippen LogP contribution in [0.4, 0.5) is 4.79 Å². The first-order valence-corrected chi connectivity index (χ1v) is 11.9. The SMILES string of the molecule is CC(C)[C@H](NC(=O)CC1(CNC(=O)OCC2c3ccccc3-c3ccccc32)CCC1)C(=O)O. The van der Waals surface area contributed by atoms with Crippen molar-refractivity contribution in [2.24, 2.45) is 11.3 Å². The molecule has 4 rings (SSSR count). The monoisotopic (exact) mass is 464 g/mol. The fourth-order valence-corrected chi connectivity index (χ4v) is 5.08. The zero-order valence-corrected chi connectivity index (χ0v) is 19.7. The number of ether oxygens (including phenoxy) is 1. The third kappa shape index (κ3) is 4.93. The van der Waals surface area contributed by atoms with Gasteiger partial charge in [0.1, 0.15) is 12.6 Å². The summed E-state index contributed by atoms with van der Waals surface area (Å²) in [7, 11) is 0. The average molecular weight is 465 g/mol. The number of carboxylic acids is 1. The normalized spacial score (nSPS) is 16.7. The smallest absolute Gasteiger partial charge is 0.407 e. The number of fused-ring (bicyclic) bond motifs is 3. The van der Waals surface area contributed by atoms with E-state index in [1.165, 1.54) is 11.1 Å². The number of carbonyl (C=O) groups excluding carboxylic acids is 2. The molecule has 2 aromatic rings. The minimum atomic E-state index is -1.04. The summed E-state index contributed by atoms with van der Waals surface area (Å²) in [6.07, 6.45) is 2.28. The van der Waals surface area contributed by atoms with Crippen molar-refractivity contribution in [1.29, 1.82) is 0 Å². The molecular formula is C27H32N2O5. The molecule has 0 heterocycles. The van der Waals surface area contributed by atoms with E-state index in [1.54, 1.807) is 13.8 Å². The summed E-state index contributed by atoms with van der Waals surface area (Å²) < 4.78 is 5.61. The van der Waals surface area contributed by atoms with Crippen molar-refractivity contribution < 1.29 is 24.2 Å². The van der Waals surface area contributed by atoms with E-state index in [0.717, 1.165) is 30.4 Å². The first-order valence-electron chi connectivity index (χ1n) is 11.9. The van der Waals surface area contributed by atoms with Crippen molar-refractivity contribution in [1.82, 2.24) is 10.6 Å². The Morgan fingerprint density at radius 1 is 1.03 bits per heavy atom. The number of amides is 2. The molecular weight excluding hydrogens is 432 g/mol. The molecule has 1 atom stereocenters. The van der Waals surface area contributed by atoms with Crippen LogP contribution in [0.25, 0.3) is 11.1 Å². The van der Waals surface area contributed by atoms with E-state index < -0.39 is 18.1 Å². The number of nitrogens with one attached hydrogen (secondary N) is 2. The number of aliphatic carboxylic acids is 1. The standard InChI is InChI=1S/C27H32N2O5/c1-17(2)24(25(31)32)29-23(30)14-27(12-7-13-27)16-28-26(33)34-15-22-20-10-5-3-8-18(20)19-9-4-6-11-21(19)22/h3-6,8-11,17,22,24H,7,12-16H2,1-2H3,(H,28,33)(H,29,30)(H,31,32)/t24-/m0/s1. The second-order valence-electron chi connectivity index (χ2n) is 9.84. The molecule has 34 heavy (non-hydrogen) atoms. The lowest BCUT2D eigenvalue weighted by atomic mass is 9.66. The van der Waals surface area contributed by atoms with Crippen molar-refractivity contribution in [2.75, 3.05) is 13.2 Å². The molecule has 1 fully saturated rings. The molecule has 3 N–H and O–H groups in total. The lowest BCUT2D eigenvalue weighted by Gasteiger charge is -2.41. The van der Waals surface area contributed by atoms with Gasteiger partial charge in [-0.2, -0.15) is 0 Å². The summed E-state index contributed by atoms with van der Waals surface area (Å²) in [5, 5.41) is 14.8. The highest BCUT2D eigenvalue weighted by Gasteiger charge is 2.40. The second kappa shape index (κ2) is 9.87. The maximum absolute atomic E-state index is 12.5. The zero-order valence-electron chi connectivity index (χ0n) is 19.7. The van der Waals surface area contributed by atoms with Gasteiger partial charge in [-0.15, -0.1) is 0 Å². The summed E-state index contributed by atoms with van der Waals surface area (Å²) in [6.45, 7) is 4.09. The third-order valence-electron chi connectivity index (χ3n) is 7.15. The molecule has 0 unspecified atom stereocenters. The Kier molecular flexibility index (Phi) is 6.91. The molecule has 7 nitrogen and oxygen atoms in total. The van der Waals surface area contributed by atoms with Gasteiger partial charge in [0.15, 0.2) is 0 Å². The van der Waals surface area contributed by atoms with E-state index in [-0.39, 0.29) is 36.2 Å². The summed E-state index contributed by atoms with van der Waals surface area (Å²) in [5.41, 5.74) is 4.30. The molecule has 7 heteroatoms. The number of hydrogen-bond acceptors (Lipinski definition) is 4. The molecule has 0 bridgehead atoms. The van der Waals surface area contributed by atoms with Crippen LogP contribution in [0.5, 0.6) is 0 Å². The van der Waals surface area contributed by atoms with Gasteiger partial charge < -0.3 is 20.5 Å². The first-order chi connectivity index (χ1) is 16.3. The van der Waals surface area contributed by atoms with E-state index in [0.29, 0.717) is 6.54 Å². The molecule has 0 spiro atoms. The molecule has 0 aromatic heterocycles. The molecule has 1 saturated carbocycles. The number of benzene rings is 2. The van der Waals surface area contributed by atoms with E-state index in [9.17, 15) is 19.5 Å². The van der Waals surface area contributed by atoms with Crippen molar-refractivity contribution in [3.63, 3.8) is 0 Å². The Bertz CT molecular complexity index is 1030. The van der Waals surface area contributed by atoms with Gasteiger partial charge in [0.05, 0.1) is 0 Å². The van der Waals surface area contributed by atoms with Gasteiger partial charge in [-0.05, 0) is 46.4 Å². The van der Waals surface area contributed by atoms with Crippen molar-refractivity contribution in [2.45, 2.75) is 51.5 Å². The third-order valence-corrected chi connectivity index (χ3v) is 7.15. The zero-order chi connectivity index (χ0) is 24.3. The summed E-state index contributed by atoms with van der Waals surface area (Å²) in [5.74, 6) is -1.55. The molecule has 0 aliphatic heterocycles. The number of rotatable bonds is 9. The van der Waals surface area contributed by atoms with Crippen LogP contribution >= 0.6 is 0 Å². The molecule has 180 valence electrons. The van der Waals surface area contributed by atoms with Gasteiger partial charge in [-0.1, -0.05) is 68.8 Å². The summed E-state index contributed by atoms with van der Waals surface area (Å²) >= 11 is 0. The Hall–Kier alpha value is -3.35. The summed E-state index contributed by atoms with van der Waals surface area (Å²) in [4.78, 5) is 36.5. The van der Waals surface area contributed by atoms with Gasteiger partial charge in [0.2, 0.25) is 5.91 Å². The fourth-order valence-electron chi connectivity index (χ4n) is 5.08. The second-order valence-corrected chi connectivity index (χ2v) is 9.84. The van der Waals surface area contributed by atoms with Crippen LogP contribution in [0.2, 0.25) is 0 Å². The van der Waals surface area contributed by atoms with Gasteiger partial charge >= 0.3 is 12.1 Å². The van der Waals surface area contributed by atoms with Crippen LogP contribution in [0, 0.1) is 11.3 Å².